The molecule has 306 valence electrons. The van der Waals surface area contributed by atoms with Crippen molar-refractivity contribution in [3.05, 3.63) is 83.4 Å². The van der Waals surface area contributed by atoms with Gasteiger partial charge in [0.15, 0.2) is 0 Å². The van der Waals surface area contributed by atoms with E-state index in [0.717, 1.165) is 83.4 Å². The molecule has 4 atom stereocenters. The lowest BCUT2D eigenvalue weighted by molar-refractivity contribution is -0.136. The van der Waals surface area contributed by atoms with Crippen LogP contribution in [0.1, 0.15) is 88.2 Å². The maximum absolute atomic E-state index is 13.6. The van der Waals surface area contributed by atoms with Crippen molar-refractivity contribution in [2.45, 2.75) is 90.4 Å². The Morgan fingerprint density at radius 2 is 1.10 bits per heavy atom. The molecule has 4 heterocycles. The van der Waals surface area contributed by atoms with Crippen molar-refractivity contribution in [2.75, 3.05) is 27.3 Å². The van der Waals surface area contributed by atoms with Gasteiger partial charge in [0.2, 0.25) is 11.8 Å². The number of imidazole rings is 2. The van der Waals surface area contributed by atoms with E-state index in [0.29, 0.717) is 13.1 Å². The van der Waals surface area contributed by atoms with Gasteiger partial charge in [0.1, 0.15) is 23.7 Å². The molecule has 5 aromatic rings. The number of alkyl carbamates (subject to hydrolysis) is 2. The molecule has 0 spiro atoms. The van der Waals surface area contributed by atoms with Crippen LogP contribution in [0.2, 0.25) is 0 Å². The first-order chi connectivity index (χ1) is 27.9. The van der Waals surface area contributed by atoms with Crippen molar-refractivity contribution < 1.29 is 28.7 Å². The van der Waals surface area contributed by atoms with Crippen LogP contribution in [-0.4, -0.2) is 93.1 Å². The van der Waals surface area contributed by atoms with E-state index in [1.54, 1.807) is 0 Å². The Labute approximate surface area is 338 Å². The number of aryl methyl sites for hydroxylation is 2. The molecule has 0 bridgehead atoms. The van der Waals surface area contributed by atoms with Crippen LogP contribution in [0.25, 0.3) is 33.2 Å². The monoisotopic (exact) mass is 790 g/mol. The number of benzene rings is 3. The summed E-state index contributed by atoms with van der Waals surface area (Å²) in [6.45, 7) is 8.85. The van der Waals surface area contributed by atoms with Crippen LogP contribution in [0.3, 0.4) is 0 Å². The average molecular weight is 791 g/mol. The van der Waals surface area contributed by atoms with Crippen LogP contribution in [0.5, 0.6) is 0 Å². The average Bonchev–Trinajstić information content (AvgIpc) is 4.05. The van der Waals surface area contributed by atoms with Crippen molar-refractivity contribution in [3.8, 4) is 11.1 Å². The van der Waals surface area contributed by atoms with E-state index in [1.165, 1.54) is 25.3 Å². The largest absolute Gasteiger partial charge is 0.453 e. The number of nitrogens with zero attached hydrogens (tertiary/aromatic N) is 4. The van der Waals surface area contributed by atoms with E-state index in [1.807, 2.05) is 49.6 Å². The summed E-state index contributed by atoms with van der Waals surface area (Å²) in [6.07, 6.45) is 3.80. The molecule has 0 saturated carbocycles. The van der Waals surface area contributed by atoms with Crippen molar-refractivity contribution in [3.63, 3.8) is 0 Å². The number of nitrogens with one attached hydrogen (secondary N) is 4. The highest BCUT2D eigenvalue weighted by molar-refractivity contribution is 5.88. The van der Waals surface area contributed by atoms with Gasteiger partial charge in [-0.05, 0) is 96.9 Å². The zero-order valence-corrected chi connectivity index (χ0v) is 34.1. The number of carbonyl (C=O) groups is 4. The van der Waals surface area contributed by atoms with Crippen LogP contribution in [0.4, 0.5) is 9.59 Å². The molecular weight excluding hydrogens is 737 g/mol. The van der Waals surface area contributed by atoms with E-state index in [4.69, 9.17) is 19.4 Å². The molecule has 2 aliphatic heterocycles. The number of likely N-dealkylation sites (tertiary alicyclic amines) is 2. The summed E-state index contributed by atoms with van der Waals surface area (Å²) in [5.74, 6) is 1.06. The Balaban J connectivity index is 0.991. The number of hydrogen-bond acceptors (Lipinski definition) is 8. The zero-order valence-electron chi connectivity index (χ0n) is 34.1. The van der Waals surface area contributed by atoms with E-state index in [-0.39, 0.29) is 35.7 Å². The molecule has 14 nitrogen and oxygen atoms in total. The third kappa shape index (κ3) is 8.51. The van der Waals surface area contributed by atoms with Gasteiger partial charge >= 0.3 is 12.2 Å². The van der Waals surface area contributed by atoms with Gasteiger partial charge in [-0.15, -0.1) is 0 Å². The summed E-state index contributed by atoms with van der Waals surface area (Å²) >= 11 is 0. The number of aromatic nitrogens is 4. The Bertz CT molecular complexity index is 2280. The molecule has 7 rings (SSSR count). The standard InChI is InChI=1S/C44H54N8O6/c1-25(2)37(49-43(55)57-5)41(53)51-21-7-9-35(51)39-45-31-19-15-28(23-33(31)47-39)12-11-27-13-16-29(17-14-27)30-18-20-32-34(24-30)48-40(46-32)36-10-8-22-52(36)42(54)38(26(3)4)50-44(56)58-6/h13-20,23-26,35-38H,7-12,21-22H2,1-6H3,(H,45,47)(H,46,48)(H,49,55)(H,50,56)/t35-,36-,37-,38+/m0/s1. The summed E-state index contributed by atoms with van der Waals surface area (Å²) in [4.78, 5) is 71.6. The Hall–Kier alpha value is -5.92. The predicted molar refractivity (Wildman–Crippen MR) is 221 cm³/mol. The number of carbonyl (C=O) groups excluding carboxylic acids is 4. The van der Waals surface area contributed by atoms with Gasteiger partial charge in [0.25, 0.3) is 0 Å². The normalized spacial score (nSPS) is 17.9. The number of ether oxygens (including phenoxy) is 2. The number of methoxy groups -OCH3 is 2. The zero-order chi connectivity index (χ0) is 41.1. The number of rotatable bonds is 12. The van der Waals surface area contributed by atoms with Gasteiger partial charge in [-0.25, -0.2) is 19.6 Å². The second-order valence-electron chi connectivity index (χ2n) is 16.1. The molecule has 0 radical (unpaired) electrons. The lowest BCUT2D eigenvalue weighted by Gasteiger charge is -2.29. The number of fused-ring (bicyclic) bond motifs is 2. The molecule has 2 saturated heterocycles. The van der Waals surface area contributed by atoms with Crippen molar-refractivity contribution in [2.24, 2.45) is 11.8 Å². The molecule has 14 heteroatoms. The highest BCUT2D eigenvalue weighted by atomic mass is 16.5. The molecule has 0 unspecified atom stereocenters. The SMILES string of the molecule is COC(=O)N[C@H](C(=O)N1CCC[C@H]1c1nc2ccc(CCc3ccc(-c4ccc5nc([C@@H]6CCCN6C(=O)[C@H](NC(=O)OC)C(C)C)[nH]c5c4)cc3)cc2[nH]1)C(C)C. The second-order valence-corrected chi connectivity index (χ2v) is 16.1. The number of hydrogen-bond donors (Lipinski definition) is 4. The second kappa shape index (κ2) is 17.3. The van der Waals surface area contributed by atoms with Crippen molar-refractivity contribution in [1.29, 1.82) is 0 Å². The van der Waals surface area contributed by atoms with Crippen LogP contribution in [-0.2, 0) is 31.9 Å². The highest BCUT2D eigenvalue weighted by Gasteiger charge is 2.39. The lowest BCUT2D eigenvalue weighted by Crippen LogP contribution is -2.51. The van der Waals surface area contributed by atoms with E-state index >= 15 is 0 Å². The highest BCUT2D eigenvalue weighted by Crippen LogP contribution is 2.35. The first kappa shape index (κ1) is 40.3. The van der Waals surface area contributed by atoms with E-state index < -0.39 is 24.3 Å². The summed E-state index contributed by atoms with van der Waals surface area (Å²) in [6, 6.07) is 19.4. The molecule has 3 aromatic carbocycles. The minimum absolute atomic E-state index is 0.0965. The van der Waals surface area contributed by atoms with Crippen LogP contribution >= 0.6 is 0 Å². The van der Waals surface area contributed by atoms with Gasteiger partial charge in [-0.3, -0.25) is 9.59 Å². The summed E-state index contributed by atoms with van der Waals surface area (Å²) in [5, 5.41) is 5.42. The molecule has 4 N–H and O–H groups in total. The van der Waals surface area contributed by atoms with Crippen LogP contribution in [0.15, 0.2) is 60.7 Å². The van der Waals surface area contributed by atoms with Crippen LogP contribution in [0, 0.1) is 11.8 Å². The van der Waals surface area contributed by atoms with Gasteiger partial charge in [-0.1, -0.05) is 64.1 Å². The topological polar surface area (TPSA) is 175 Å². The minimum atomic E-state index is -0.683. The molecular formula is C44H54N8O6. The Kier molecular flexibility index (Phi) is 12.0. The lowest BCUT2D eigenvalue weighted by atomic mass is 10.00. The van der Waals surface area contributed by atoms with Crippen LogP contribution < -0.4 is 10.6 Å². The Morgan fingerprint density at radius 1 is 0.655 bits per heavy atom. The third-order valence-corrected chi connectivity index (χ3v) is 11.5. The Morgan fingerprint density at radius 3 is 1.60 bits per heavy atom. The summed E-state index contributed by atoms with van der Waals surface area (Å²) in [5.41, 5.74) is 8.13. The molecule has 4 amide bonds. The maximum Gasteiger partial charge on any atom is 0.407 e. The number of aromatic amines is 2. The fourth-order valence-corrected chi connectivity index (χ4v) is 8.29. The van der Waals surface area contributed by atoms with Crippen molar-refractivity contribution in [1.82, 2.24) is 40.4 Å². The molecule has 2 aliphatic rings. The molecule has 0 aliphatic carbocycles. The summed E-state index contributed by atoms with van der Waals surface area (Å²) < 4.78 is 9.54. The van der Waals surface area contributed by atoms with Gasteiger partial charge in [0.05, 0.1) is 48.4 Å². The number of amides is 4. The fourth-order valence-electron chi connectivity index (χ4n) is 8.29. The van der Waals surface area contributed by atoms with Gasteiger partial charge in [-0.2, -0.15) is 0 Å². The minimum Gasteiger partial charge on any atom is -0.453 e. The quantitative estimate of drug-likeness (QED) is 0.105. The van der Waals surface area contributed by atoms with E-state index in [9.17, 15) is 19.2 Å². The first-order valence-electron chi connectivity index (χ1n) is 20.3. The molecule has 2 aromatic heterocycles. The smallest absolute Gasteiger partial charge is 0.407 e. The van der Waals surface area contributed by atoms with Gasteiger partial charge < -0.3 is 39.9 Å². The third-order valence-electron chi connectivity index (χ3n) is 11.5. The molecule has 2 fully saturated rings. The predicted octanol–water partition coefficient (Wildman–Crippen LogP) is 6.98. The maximum atomic E-state index is 13.6. The first-order valence-corrected chi connectivity index (χ1v) is 20.3. The summed E-state index contributed by atoms with van der Waals surface area (Å²) in [7, 11) is 2.59. The van der Waals surface area contributed by atoms with Crippen molar-refractivity contribution >= 4 is 46.1 Å². The fraction of sp³-hybridized carbons (Fsp3) is 0.455. The number of H-pyrrole nitrogens is 2. The van der Waals surface area contributed by atoms with E-state index in [2.05, 4.69) is 69.1 Å². The molecule has 58 heavy (non-hydrogen) atoms. The van der Waals surface area contributed by atoms with Gasteiger partial charge in [0, 0.05) is 13.1 Å².